The van der Waals surface area contributed by atoms with Crippen LogP contribution in [0.15, 0.2) is 30.3 Å². The molecule has 2 aromatic rings. The number of halogens is 2. The SMILES string of the molecule is OCCCCc1cc(C(Cl)CCCO)cc(CCCCO)c1Cl.OCCCCc1cc(CCCCO)cc(CCCCO)c1. The summed E-state index contributed by atoms with van der Waals surface area (Å²) in [5, 5.41) is 54.2. The Morgan fingerprint density at radius 1 is 0.432 bits per heavy atom. The van der Waals surface area contributed by atoms with E-state index in [4.69, 9.17) is 53.8 Å². The molecule has 2 rings (SSSR count). The summed E-state index contributed by atoms with van der Waals surface area (Å²) in [7, 11) is 0. The average Bonchev–Trinajstić information content (AvgIpc) is 3.02. The van der Waals surface area contributed by atoms with Crippen molar-refractivity contribution in [2.24, 2.45) is 0 Å². The van der Waals surface area contributed by atoms with E-state index in [9.17, 15) is 0 Å². The fourth-order valence-electron chi connectivity index (χ4n) is 5.21. The fourth-order valence-corrected chi connectivity index (χ4v) is 5.79. The molecule has 8 heteroatoms. The van der Waals surface area contributed by atoms with Gasteiger partial charge in [-0.25, -0.2) is 0 Å². The van der Waals surface area contributed by atoms with E-state index in [1.165, 1.54) is 16.7 Å². The van der Waals surface area contributed by atoms with Gasteiger partial charge in [0.2, 0.25) is 0 Å². The normalized spacial score (nSPS) is 11.8. The standard InChI is InChI=1S/C18H28Cl2O3.C18H30O3/c19-17(8-5-11-23)16-12-14(6-1-3-9-21)18(20)15(13-16)7-2-4-10-22;19-10-4-1-7-16-13-17(8-2-5-11-20)15-18(14-16)9-3-6-12-21/h12-13,17,21-23H,1-11H2;13-15,19-21H,1-12H2. The second kappa shape index (κ2) is 26.9. The van der Waals surface area contributed by atoms with Crippen molar-refractivity contribution in [2.45, 2.75) is 115 Å². The highest BCUT2D eigenvalue weighted by molar-refractivity contribution is 6.32. The highest BCUT2D eigenvalue weighted by Crippen LogP contribution is 2.33. The summed E-state index contributed by atoms with van der Waals surface area (Å²) >= 11 is 13.0. The molecule has 1 unspecified atom stereocenters. The maximum atomic E-state index is 8.97. The number of unbranched alkanes of at least 4 members (excludes halogenated alkanes) is 5. The Hall–Kier alpha value is -1.22. The van der Waals surface area contributed by atoms with Crippen LogP contribution in [0.5, 0.6) is 0 Å². The molecule has 0 saturated heterocycles. The molecule has 0 amide bonds. The predicted molar refractivity (Wildman–Crippen MR) is 183 cm³/mol. The first-order valence-corrected chi connectivity index (χ1v) is 17.5. The van der Waals surface area contributed by atoms with E-state index in [2.05, 4.69) is 30.3 Å². The van der Waals surface area contributed by atoms with Gasteiger partial charge in [0.05, 0.1) is 5.38 Å². The van der Waals surface area contributed by atoms with E-state index >= 15 is 0 Å². The number of aliphatic hydroxyl groups is 6. The Morgan fingerprint density at radius 3 is 1.07 bits per heavy atom. The zero-order valence-corrected chi connectivity index (χ0v) is 28.2. The molecule has 6 nitrogen and oxygen atoms in total. The van der Waals surface area contributed by atoms with E-state index in [-0.39, 0.29) is 45.0 Å². The Balaban J connectivity index is 0.000000442. The number of hydrogen-bond acceptors (Lipinski definition) is 6. The lowest BCUT2D eigenvalue weighted by molar-refractivity contribution is 0.283. The zero-order chi connectivity index (χ0) is 32.4. The Morgan fingerprint density at radius 2 is 0.750 bits per heavy atom. The minimum absolute atomic E-state index is 0.132. The molecule has 0 aliphatic rings. The third-order valence-corrected chi connectivity index (χ3v) is 8.62. The Kier molecular flexibility index (Phi) is 25.0. The van der Waals surface area contributed by atoms with Crippen LogP contribution < -0.4 is 0 Å². The molecule has 0 aliphatic carbocycles. The van der Waals surface area contributed by atoms with Gasteiger partial charge in [0.1, 0.15) is 0 Å². The summed E-state index contributed by atoms with van der Waals surface area (Å²) in [6, 6.07) is 10.9. The molecule has 0 heterocycles. The van der Waals surface area contributed by atoms with Gasteiger partial charge < -0.3 is 30.6 Å². The summed E-state index contributed by atoms with van der Waals surface area (Å²) in [6.07, 6.45) is 15.0. The number of benzene rings is 2. The van der Waals surface area contributed by atoms with Crippen LogP contribution in [-0.2, 0) is 32.1 Å². The molecule has 44 heavy (non-hydrogen) atoms. The molecule has 252 valence electrons. The van der Waals surface area contributed by atoms with Crippen LogP contribution in [0.25, 0.3) is 0 Å². The molecule has 0 radical (unpaired) electrons. The lowest BCUT2D eigenvalue weighted by Gasteiger charge is -2.16. The Bertz CT molecular complexity index is 887. The number of rotatable bonds is 24. The van der Waals surface area contributed by atoms with Crippen LogP contribution in [0.4, 0.5) is 0 Å². The van der Waals surface area contributed by atoms with Crippen molar-refractivity contribution in [3.05, 3.63) is 68.7 Å². The van der Waals surface area contributed by atoms with Gasteiger partial charge in [-0.05, 0) is 143 Å². The van der Waals surface area contributed by atoms with Crippen molar-refractivity contribution in [3.8, 4) is 0 Å². The van der Waals surface area contributed by atoms with E-state index in [0.29, 0.717) is 6.42 Å². The number of aliphatic hydroxyl groups excluding tert-OH is 6. The van der Waals surface area contributed by atoms with Crippen molar-refractivity contribution in [1.82, 2.24) is 0 Å². The molecule has 0 fully saturated rings. The second-order valence-corrected chi connectivity index (χ2v) is 12.5. The van der Waals surface area contributed by atoms with Crippen molar-refractivity contribution in [2.75, 3.05) is 39.6 Å². The van der Waals surface area contributed by atoms with Crippen LogP contribution >= 0.6 is 23.2 Å². The predicted octanol–water partition coefficient (Wildman–Crippen LogP) is 6.65. The summed E-state index contributed by atoms with van der Waals surface area (Å²) < 4.78 is 0. The number of alkyl halides is 1. The van der Waals surface area contributed by atoms with Crippen LogP contribution in [0.2, 0.25) is 5.02 Å². The van der Waals surface area contributed by atoms with Gasteiger partial charge in [-0.1, -0.05) is 41.9 Å². The third kappa shape index (κ3) is 18.1. The highest BCUT2D eigenvalue weighted by atomic mass is 35.5. The minimum atomic E-state index is -0.132. The first kappa shape index (κ1) is 40.8. The summed E-state index contributed by atoms with van der Waals surface area (Å²) in [6.45, 7) is 1.31. The van der Waals surface area contributed by atoms with Crippen molar-refractivity contribution < 1.29 is 30.6 Å². The van der Waals surface area contributed by atoms with Gasteiger partial charge in [0.25, 0.3) is 0 Å². The second-order valence-electron chi connectivity index (χ2n) is 11.5. The van der Waals surface area contributed by atoms with E-state index in [1.807, 2.05) is 0 Å². The minimum Gasteiger partial charge on any atom is -0.396 e. The van der Waals surface area contributed by atoms with Crippen molar-refractivity contribution >= 4 is 23.2 Å². The van der Waals surface area contributed by atoms with Gasteiger partial charge in [-0.15, -0.1) is 11.6 Å². The largest absolute Gasteiger partial charge is 0.396 e. The van der Waals surface area contributed by atoms with Crippen LogP contribution in [0.1, 0.15) is 116 Å². The average molecular weight is 658 g/mol. The van der Waals surface area contributed by atoms with Crippen molar-refractivity contribution in [1.29, 1.82) is 0 Å². The lowest BCUT2D eigenvalue weighted by Crippen LogP contribution is -2.01. The molecule has 2 aromatic carbocycles. The first-order chi connectivity index (χ1) is 21.4. The smallest absolute Gasteiger partial charge is 0.0586 e. The van der Waals surface area contributed by atoms with E-state index < -0.39 is 0 Å². The van der Waals surface area contributed by atoms with E-state index in [1.54, 1.807) is 0 Å². The van der Waals surface area contributed by atoms with Gasteiger partial charge in [0, 0.05) is 44.7 Å². The first-order valence-electron chi connectivity index (χ1n) is 16.7. The highest BCUT2D eigenvalue weighted by Gasteiger charge is 2.14. The topological polar surface area (TPSA) is 121 Å². The fraction of sp³-hybridized carbons (Fsp3) is 0.667. The van der Waals surface area contributed by atoms with Gasteiger partial charge >= 0.3 is 0 Å². The molecule has 0 bridgehead atoms. The molecule has 0 aliphatic heterocycles. The molecular weight excluding hydrogens is 599 g/mol. The summed E-state index contributed by atoms with van der Waals surface area (Å²) in [4.78, 5) is 0. The summed E-state index contributed by atoms with van der Waals surface area (Å²) in [5.41, 5.74) is 7.25. The molecular formula is C36H58Cl2O6. The zero-order valence-electron chi connectivity index (χ0n) is 26.7. The van der Waals surface area contributed by atoms with Crippen LogP contribution in [0, 0.1) is 0 Å². The maximum absolute atomic E-state index is 8.97. The van der Waals surface area contributed by atoms with Gasteiger partial charge in [-0.3, -0.25) is 0 Å². The molecule has 0 aromatic heterocycles. The molecule has 6 N–H and O–H groups in total. The third-order valence-electron chi connectivity index (χ3n) is 7.66. The molecule has 0 saturated carbocycles. The quantitative estimate of drug-likeness (QED) is 0.0556. The van der Waals surface area contributed by atoms with Gasteiger partial charge in [0.15, 0.2) is 0 Å². The van der Waals surface area contributed by atoms with Crippen LogP contribution in [0.3, 0.4) is 0 Å². The van der Waals surface area contributed by atoms with Crippen LogP contribution in [-0.4, -0.2) is 70.3 Å². The lowest BCUT2D eigenvalue weighted by atomic mass is 9.96. The van der Waals surface area contributed by atoms with E-state index in [0.717, 1.165) is 124 Å². The van der Waals surface area contributed by atoms with Crippen molar-refractivity contribution in [3.63, 3.8) is 0 Å². The Labute approximate surface area is 276 Å². The molecule has 0 spiro atoms. The maximum Gasteiger partial charge on any atom is 0.0586 e. The monoisotopic (exact) mass is 656 g/mol. The summed E-state index contributed by atoms with van der Waals surface area (Å²) in [5.74, 6) is 0. The van der Waals surface area contributed by atoms with Gasteiger partial charge in [-0.2, -0.15) is 0 Å². The molecule has 1 atom stereocenters. The number of aryl methyl sites for hydroxylation is 5. The number of hydrogen-bond donors (Lipinski definition) is 6.